The van der Waals surface area contributed by atoms with Gasteiger partial charge in [0.15, 0.2) is 0 Å². The Balaban J connectivity index is 1.98. The fourth-order valence-electron chi connectivity index (χ4n) is 10.2. The minimum absolute atomic E-state index is 0.0368. The molecular weight excluding hydrogens is 480 g/mol. The normalized spacial score (nSPS) is 16.6. The van der Waals surface area contributed by atoms with Crippen molar-refractivity contribution in [1.29, 1.82) is 0 Å². The monoisotopic (exact) mass is 522 g/mol. The molecule has 202 valence electrons. The van der Waals surface area contributed by atoms with E-state index in [1.165, 1.54) is 98.7 Å². The molecule has 0 saturated carbocycles. The average molecular weight is 523 g/mol. The van der Waals surface area contributed by atoms with Crippen molar-refractivity contribution in [3.63, 3.8) is 0 Å². The number of rotatable bonds is 0. The van der Waals surface area contributed by atoms with Crippen LogP contribution in [0.1, 0.15) is 94.5 Å². The minimum atomic E-state index is 0.0368. The van der Waals surface area contributed by atoms with Gasteiger partial charge < -0.3 is 0 Å². The van der Waals surface area contributed by atoms with E-state index in [4.69, 9.17) is 0 Å². The van der Waals surface area contributed by atoms with Crippen LogP contribution < -0.4 is 0 Å². The molecule has 0 spiro atoms. The summed E-state index contributed by atoms with van der Waals surface area (Å²) in [6.07, 6.45) is 0. The lowest BCUT2D eigenvalue weighted by molar-refractivity contribution is 0.320. The van der Waals surface area contributed by atoms with Crippen molar-refractivity contribution >= 4 is 64.6 Å². The Bertz CT molecular complexity index is 2170. The van der Waals surface area contributed by atoms with E-state index < -0.39 is 0 Å². The molecule has 7 aromatic rings. The second kappa shape index (κ2) is 6.67. The molecule has 0 aliphatic heterocycles. The molecule has 0 atom stereocenters. The smallest absolute Gasteiger partial charge is 0.000262 e. The summed E-state index contributed by atoms with van der Waals surface area (Å²) < 4.78 is 0. The predicted octanol–water partition coefficient (Wildman–Crippen LogP) is 11.6. The van der Waals surface area contributed by atoms with Crippen LogP contribution in [-0.4, -0.2) is 0 Å². The molecule has 0 heterocycles. The van der Waals surface area contributed by atoms with Gasteiger partial charge in [-0.15, -0.1) is 0 Å². The van der Waals surface area contributed by atoms with Crippen molar-refractivity contribution in [2.24, 2.45) is 0 Å². The zero-order valence-corrected chi connectivity index (χ0v) is 27.0. The lowest BCUT2D eigenvalue weighted by Gasteiger charge is -2.38. The van der Waals surface area contributed by atoms with Gasteiger partial charge in [0.25, 0.3) is 0 Å². The third-order valence-corrected chi connectivity index (χ3v) is 13.1. The van der Waals surface area contributed by atoms with Crippen molar-refractivity contribution in [3.05, 3.63) is 66.8 Å². The summed E-state index contributed by atoms with van der Waals surface area (Å²) in [6.45, 7) is 34.1. The second-order valence-electron chi connectivity index (χ2n) is 14.8. The van der Waals surface area contributed by atoms with Crippen LogP contribution in [0, 0.1) is 69.2 Å². The summed E-state index contributed by atoms with van der Waals surface area (Å²) in [6, 6.07) is 0. The molecule has 0 amide bonds. The lowest BCUT2D eigenvalue weighted by atomic mass is 9.65. The highest BCUT2D eigenvalue weighted by Gasteiger charge is 2.50. The Morgan fingerprint density at radius 2 is 0.400 bits per heavy atom. The van der Waals surface area contributed by atoms with Crippen molar-refractivity contribution in [2.75, 3.05) is 0 Å². The van der Waals surface area contributed by atoms with Gasteiger partial charge in [-0.2, -0.15) is 0 Å². The van der Waals surface area contributed by atoms with E-state index in [0.717, 1.165) is 0 Å². The number of hydrogen-bond acceptors (Lipinski definition) is 0. The Morgan fingerprint density at radius 3 is 0.625 bits per heavy atom. The van der Waals surface area contributed by atoms with Crippen LogP contribution in [0.2, 0.25) is 0 Å². The van der Waals surface area contributed by atoms with E-state index in [0.29, 0.717) is 0 Å². The standard InChI is InChI=1S/C40H42/c1-15-17(3)26-19(5)21(7)28-23(9)37-36-35-33(28)31(26)30-25(15)16(2)18(4)27-20(6)22(8)29(34(35)32(27)30)24(10)38(36)40(13,14)39(37,11)12/h1-14H3. The lowest BCUT2D eigenvalue weighted by Crippen LogP contribution is -2.36. The molecule has 0 fully saturated rings. The van der Waals surface area contributed by atoms with Gasteiger partial charge in [-0.25, -0.2) is 0 Å². The molecule has 0 nitrogen and oxygen atoms in total. The molecule has 0 unspecified atom stereocenters. The largest absolute Gasteiger partial charge is 0.0549 e. The molecule has 0 bridgehead atoms. The van der Waals surface area contributed by atoms with E-state index in [2.05, 4.69) is 96.9 Å². The van der Waals surface area contributed by atoms with Crippen molar-refractivity contribution < 1.29 is 0 Å². The maximum absolute atomic E-state index is 2.51. The molecule has 1 aliphatic carbocycles. The zero-order chi connectivity index (χ0) is 28.9. The van der Waals surface area contributed by atoms with Gasteiger partial charge in [0.2, 0.25) is 0 Å². The molecule has 8 rings (SSSR count). The second-order valence-corrected chi connectivity index (χ2v) is 14.8. The van der Waals surface area contributed by atoms with Gasteiger partial charge >= 0.3 is 0 Å². The quantitative estimate of drug-likeness (QED) is 0.137. The fourth-order valence-corrected chi connectivity index (χ4v) is 10.2. The topological polar surface area (TPSA) is 0 Å². The first-order chi connectivity index (χ1) is 18.6. The van der Waals surface area contributed by atoms with Crippen LogP contribution in [-0.2, 0) is 10.8 Å². The highest BCUT2D eigenvalue weighted by Crippen LogP contribution is 2.63. The summed E-state index contributed by atoms with van der Waals surface area (Å²) in [5.74, 6) is 0. The maximum atomic E-state index is 2.51. The van der Waals surface area contributed by atoms with Crippen molar-refractivity contribution in [1.82, 2.24) is 0 Å². The van der Waals surface area contributed by atoms with E-state index in [-0.39, 0.29) is 10.8 Å². The number of hydrogen-bond donors (Lipinski definition) is 0. The average Bonchev–Trinajstić information content (AvgIpc) is 3.04. The third kappa shape index (κ3) is 2.11. The van der Waals surface area contributed by atoms with Crippen LogP contribution in [0.25, 0.3) is 64.6 Å². The molecule has 0 saturated heterocycles. The molecule has 0 heteroatoms. The van der Waals surface area contributed by atoms with Crippen LogP contribution in [0.4, 0.5) is 0 Å². The van der Waals surface area contributed by atoms with Gasteiger partial charge in [-0.1, -0.05) is 27.7 Å². The van der Waals surface area contributed by atoms with Crippen LogP contribution in [0.3, 0.4) is 0 Å². The van der Waals surface area contributed by atoms with Gasteiger partial charge in [0, 0.05) is 0 Å². The van der Waals surface area contributed by atoms with Gasteiger partial charge in [-0.05, 0) is 211 Å². The number of benzene rings is 7. The molecular formula is C40H42. The molecule has 40 heavy (non-hydrogen) atoms. The number of aryl methyl sites for hydroxylation is 10. The summed E-state index contributed by atoms with van der Waals surface area (Å²) in [5, 5.41) is 18.4. The van der Waals surface area contributed by atoms with E-state index in [1.54, 1.807) is 32.7 Å². The van der Waals surface area contributed by atoms with Crippen molar-refractivity contribution in [2.45, 2.75) is 108 Å². The zero-order valence-electron chi connectivity index (χ0n) is 27.0. The molecule has 0 N–H and O–H groups in total. The summed E-state index contributed by atoms with van der Waals surface area (Å²) in [7, 11) is 0. The van der Waals surface area contributed by atoms with Crippen LogP contribution in [0.15, 0.2) is 0 Å². The predicted molar refractivity (Wildman–Crippen MR) is 178 cm³/mol. The maximum Gasteiger partial charge on any atom is -0.000262 e. The third-order valence-electron chi connectivity index (χ3n) is 13.1. The van der Waals surface area contributed by atoms with Gasteiger partial charge in [0.05, 0.1) is 0 Å². The fraction of sp³-hybridized carbons (Fsp3) is 0.400. The Hall–Kier alpha value is -3.12. The Kier molecular flexibility index (Phi) is 4.11. The summed E-state index contributed by atoms with van der Waals surface area (Å²) in [4.78, 5) is 0. The Labute approximate surface area is 238 Å². The molecule has 1 aliphatic rings. The first-order valence-corrected chi connectivity index (χ1v) is 15.2. The molecule has 0 radical (unpaired) electrons. The van der Waals surface area contributed by atoms with E-state index >= 15 is 0 Å². The summed E-state index contributed by atoms with van der Waals surface area (Å²) in [5.41, 5.74) is 18.0. The molecule has 0 aromatic heterocycles. The Morgan fingerprint density at radius 1 is 0.225 bits per heavy atom. The first-order valence-electron chi connectivity index (χ1n) is 15.2. The van der Waals surface area contributed by atoms with E-state index in [1.807, 2.05) is 0 Å². The van der Waals surface area contributed by atoms with Crippen molar-refractivity contribution in [3.8, 4) is 0 Å². The summed E-state index contributed by atoms with van der Waals surface area (Å²) >= 11 is 0. The molecule has 7 aromatic carbocycles. The highest BCUT2D eigenvalue weighted by atomic mass is 14.5. The van der Waals surface area contributed by atoms with Crippen LogP contribution in [0.5, 0.6) is 0 Å². The van der Waals surface area contributed by atoms with Gasteiger partial charge in [-0.3, -0.25) is 0 Å². The first kappa shape index (κ1) is 24.7. The van der Waals surface area contributed by atoms with Crippen LogP contribution >= 0.6 is 0 Å². The highest BCUT2D eigenvalue weighted by molar-refractivity contribution is 6.48. The SMILES string of the molecule is Cc1c(C)c2c(C)c(C)c3c(C)c4c5c(c(C)c6c(C)c(C)c7c(C)c(C)c1c1c2c3c5c6c71)C(C)(C)C4(C)C. The van der Waals surface area contributed by atoms with Gasteiger partial charge in [0.1, 0.15) is 0 Å². The minimum Gasteiger partial charge on any atom is -0.0549 e. The van der Waals surface area contributed by atoms with E-state index in [9.17, 15) is 0 Å².